The highest BCUT2D eigenvalue weighted by Gasteiger charge is 2.17. The SMILES string of the molecule is COc1cc(CN2CCSCC2)ccc1OCC(O)CN1CCOCC1. The van der Waals surface area contributed by atoms with E-state index in [0.29, 0.717) is 12.3 Å². The predicted octanol–water partition coefficient (Wildman–Crippen LogP) is 1.32. The first-order valence-corrected chi connectivity index (χ1v) is 10.5. The predicted molar refractivity (Wildman–Crippen MR) is 104 cm³/mol. The molecule has 1 unspecified atom stereocenters. The van der Waals surface area contributed by atoms with Gasteiger partial charge in [-0.15, -0.1) is 0 Å². The van der Waals surface area contributed by atoms with E-state index in [0.717, 1.165) is 51.7 Å². The molecule has 2 saturated heterocycles. The van der Waals surface area contributed by atoms with Gasteiger partial charge in [0.25, 0.3) is 0 Å². The Kier molecular flexibility index (Phi) is 7.88. The summed E-state index contributed by atoms with van der Waals surface area (Å²) in [6.07, 6.45) is -0.525. The normalized spacial score (nSPS) is 20.7. The number of rotatable bonds is 8. The lowest BCUT2D eigenvalue weighted by Crippen LogP contribution is -2.42. The number of thioether (sulfide) groups is 1. The maximum Gasteiger partial charge on any atom is 0.161 e. The molecule has 6 nitrogen and oxygen atoms in total. The largest absolute Gasteiger partial charge is 0.493 e. The van der Waals surface area contributed by atoms with Crippen molar-refractivity contribution in [3.8, 4) is 11.5 Å². The van der Waals surface area contributed by atoms with Crippen LogP contribution in [0.5, 0.6) is 11.5 Å². The Hall–Kier alpha value is -0.990. The molecular weight excluding hydrogens is 352 g/mol. The van der Waals surface area contributed by atoms with Crippen LogP contribution in [-0.2, 0) is 11.3 Å². The van der Waals surface area contributed by atoms with E-state index in [1.807, 2.05) is 23.9 Å². The summed E-state index contributed by atoms with van der Waals surface area (Å²) in [4.78, 5) is 4.67. The van der Waals surface area contributed by atoms with Gasteiger partial charge in [-0.3, -0.25) is 9.80 Å². The van der Waals surface area contributed by atoms with Crippen molar-refractivity contribution in [3.05, 3.63) is 23.8 Å². The molecule has 7 heteroatoms. The molecule has 2 fully saturated rings. The third-order valence-electron chi connectivity index (χ3n) is 4.74. The minimum Gasteiger partial charge on any atom is -0.493 e. The van der Waals surface area contributed by atoms with Crippen molar-refractivity contribution in [2.75, 3.05) is 71.2 Å². The maximum absolute atomic E-state index is 10.2. The summed E-state index contributed by atoms with van der Waals surface area (Å²) in [7, 11) is 1.66. The highest BCUT2D eigenvalue weighted by atomic mass is 32.2. The van der Waals surface area contributed by atoms with Gasteiger partial charge < -0.3 is 19.3 Å². The van der Waals surface area contributed by atoms with Crippen LogP contribution in [-0.4, -0.2) is 92.2 Å². The van der Waals surface area contributed by atoms with E-state index in [4.69, 9.17) is 14.2 Å². The Balaban J connectivity index is 1.50. The monoisotopic (exact) mass is 382 g/mol. The fourth-order valence-electron chi connectivity index (χ4n) is 3.27. The topological polar surface area (TPSA) is 54.4 Å². The molecule has 0 spiro atoms. The van der Waals surface area contributed by atoms with E-state index in [1.165, 1.54) is 17.1 Å². The Labute approximate surface area is 160 Å². The molecule has 0 saturated carbocycles. The molecule has 0 bridgehead atoms. The molecule has 0 amide bonds. The molecule has 1 aromatic rings. The van der Waals surface area contributed by atoms with Crippen LogP contribution in [0.15, 0.2) is 18.2 Å². The molecule has 2 aliphatic rings. The standard InChI is InChI=1S/C19H30N2O4S/c1-23-19-12-16(13-21-6-10-26-11-7-21)2-3-18(19)25-15-17(22)14-20-4-8-24-9-5-20/h2-3,12,17,22H,4-11,13-15H2,1H3. The van der Waals surface area contributed by atoms with E-state index < -0.39 is 6.10 Å². The summed E-state index contributed by atoms with van der Waals surface area (Å²) in [6, 6.07) is 6.09. The summed E-state index contributed by atoms with van der Waals surface area (Å²) in [5, 5.41) is 10.2. The number of ether oxygens (including phenoxy) is 3. The Morgan fingerprint density at radius 2 is 1.88 bits per heavy atom. The summed E-state index contributed by atoms with van der Waals surface area (Å²) >= 11 is 2.02. The van der Waals surface area contributed by atoms with Crippen LogP contribution < -0.4 is 9.47 Å². The molecule has 1 aromatic carbocycles. The Morgan fingerprint density at radius 3 is 2.62 bits per heavy atom. The number of benzene rings is 1. The molecule has 0 radical (unpaired) electrons. The van der Waals surface area contributed by atoms with Crippen LogP contribution in [0, 0.1) is 0 Å². The van der Waals surface area contributed by atoms with Crippen molar-refractivity contribution < 1.29 is 19.3 Å². The molecule has 3 rings (SSSR count). The first-order chi connectivity index (χ1) is 12.7. The van der Waals surface area contributed by atoms with Gasteiger partial charge in [-0.1, -0.05) is 6.07 Å². The molecule has 1 N–H and O–H groups in total. The minimum atomic E-state index is -0.525. The molecular formula is C19H30N2O4S. The summed E-state index contributed by atoms with van der Waals surface area (Å²) in [6.45, 7) is 7.28. The van der Waals surface area contributed by atoms with Gasteiger partial charge >= 0.3 is 0 Å². The average molecular weight is 383 g/mol. The van der Waals surface area contributed by atoms with Gasteiger partial charge in [-0.2, -0.15) is 11.8 Å². The number of morpholine rings is 1. The van der Waals surface area contributed by atoms with E-state index in [2.05, 4.69) is 15.9 Å². The second-order valence-corrected chi connectivity index (χ2v) is 7.98. The van der Waals surface area contributed by atoms with Crippen molar-refractivity contribution in [2.45, 2.75) is 12.6 Å². The van der Waals surface area contributed by atoms with Gasteiger partial charge in [0.1, 0.15) is 12.7 Å². The fourth-order valence-corrected chi connectivity index (χ4v) is 4.25. The highest BCUT2D eigenvalue weighted by molar-refractivity contribution is 7.99. The first kappa shape index (κ1) is 19.8. The maximum atomic E-state index is 10.2. The third-order valence-corrected chi connectivity index (χ3v) is 5.68. The van der Waals surface area contributed by atoms with Crippen LogP contribution in [0.3, 0.4) is 0 Å². The smallest absolute Gasteiger partial charge is 0.161 e. The zero-order valence-corrected chi connectivity index (χ0v) is 16.4. The van der Waals surface area contributed by atoms with Crippen molar-refractivity contribution in [3.63, 3.8) is 0 Å². The lowest BCUT2D eigenvalue weighted by molar-refractivity contribution is 0.00445. The first-order valence-electron chi connectivity index (χ1n) is 9.32. The second-order valence-electron chi connectivity index (χ2n) is 6.75. The van der Waals surface area contributed by atoms with E-state index >= 15 is 0 Å². The van der Waals surface area contributed by atoms with Crippen LogP contribution in [0.4, 0.5) is 0 Å². The molecule has 26 heavy (non-hydrogen) atoms. The van der Waals surface area contributed by atoms with Crippen LogP contribution >= 0.6 is 11.8 Å². The van der Waals surface area contributed by atoms with E-state index in [1.54, 1.807) is 7.11 Å². The molecule has 0 aromatic heterocycles. The summed E-state index contributed by atoms with van der Waals surface area (Å²) < 4.78 is 16.7. The number of aliphatic hydroxyl groups is 1. The van der Waals surface area contributed by atoms with Crippen molar-refractivity contribution in [2.24, 2.45) is 0 Å². The molecule has 2 heterocycles. The van der Waals surface area contributed by atoms with Gasteiger partial charge in [0.15, 0.2) is 11.5 Å². The quantitative estimate of drug-likeness (QED) is 0.728. The third kappa shape index (κ3) is 6.03. The van der Waals surface area contributed by atoms with Crippen LogP contribution in [0.25, 0.3) is 0 Å². The number of hydrogen-bond acceptors (Lipinski definition) is 7. The number of aliphatic hydroxyl groups excluding tert-OH is 1. The molecule has 146 valence electrons. The van der Waals surface area contributed by atoms with Gasteiger partial charge in [0.05, 0.1) is 20.3 Å². The second kappa shape index (κ2) is 10.4. The van der Waals surface area contributed by atoms with Gasteiger partial charge in [-0.05, 0) is 17.7 Å². The highest BCUT2D eigenvalue weighted by Crippen LogP contribution is 2.29. The number of hydrogen-bond donors (Lipinski definition) is 1. The lowest BCUT2D eigenvalue weighted by Gasteiger charge is -2.28. The summed E-state index contributed by atoms with van der Waals surface area (Å²) in [5.41, 5.74) is 1.23. The zero-order chi connectivity index (χ0) is 18.2. The number of nitrogens with zero attached hydrogens (tertiary/aromatic N) is 2. The van der Waals surface area contributed by atoms with E-state index in [-0.39, 0.29) is 6.61 Å². The van der Waals surface area contributed by atoms with Crippen molar-refractivity contribution in [1.82, 2.24) is 9.80 Å². The zero-order valence-electron chi connectivity index (χ0n) is 15.6. The minimum absolute atomic E-state index is 0.260. The molecule has 1 atom stereocenters. The van der Waals surface area contributed by atoms with Crippen molar-refractivity contribution >= 4 is 11.8 Å². The van der Waals surface area contributed by atoms with Gasteiger partial charge in [0.2, 0.25) is 0 Å². The Morgan fingerprint density at radius 1 is 1.12 bits per heavy atom. The summed E-state index contributed by atoms with van der Waals surface area (Å²) in [5.74, 6) is 3.83. The van der Waals surface area contributed by atoms with E-state index in [9.17, 15) is 5.11 Å². The Bertz CT molecular complexity index is 548. The number of methoxy groups -OCH3 is 1. The van der Waals surface area contributed by atoms with Crippen molar-refractivity contribution in [1.29, 1.82) is 0 Å². The lowest BCUT2D eigenvalue weighted by atomic mass is 10.2. The van der Waals surface area contributed by atoms with Crippen LogP contribution in [0.1, 0.15) is 5.56 Å². The van der Waals surface area contributed by atoms with Gasteiger partial charge in [0, 0.05) is 50.8 Å². The number of β-amino-alcohol motifs (C(OH)–C–C–N with tert-alkyl or cyclic N) is 1. The van der Waals surface area contributed by atoms with Crippen LogP contribution in [0.2, 0.25) is 0 Å². The molecule has 2 aliphatic heterocycles. The van der Waals surface area contributed by atoms with Gasteiger partial charge in [-0.25, -0.2) is 0 Å². The molecule has 0 aliphatic carbocycles. The average Bonchev–Trinajstić information content (AvgIpc) is 2.68. The fraction of sp³-hybridized carbons (Fsp3) is 0.684.